The fourth-order valence-corrected chi connectivity index (χ4v) is 3.27. The highest BCUT2D eigenvalue weighted by atomic mass is 19.1. The van der Waals surface area contributed by atoms with Gasteiger partial charge < -0.3 is 10.1 Å². The predicted octanol–water partition coefficient (Wildman–Crippen LogP) is 4.35. The molecule has 0 bridgehead atoms. The standard InChI is InChI=1S/C21H24FNO2/c1-14(16-10-12-18(22)13-11-16)23-21(24)15(2)25-20-9-5-7-17-6-3-4-8-19(17)20/h5,7,9-15H,3-4,6,8H2,1-2H3,(H,23,24)/t14-,15+/m0/s1. The third kappa shape index (κ3) is 4.19. The van der Waals surface area contributed by atoms with E-state index in [4.69, 9.17) is 4.74 Å². The molecule has 1 N–H and O–H groups in total. The summed E-state index contributed by atoms with van der Waals surface area (Å²) in [5.74, 6) is 0.354. The number of rotatable bonds is 5. The summed E-state index contributed by atoms with van der Waals surface area (Å²) in [6.07, 6.45) is 3.87. The molecule has 132 valence electrons. The molecule has 3 nitrogen and oxygen atoms in total. The zero-order chi connectivity index (χ0) is 17.8. The average Bonchev–Trinajstić information content (AvgIpc) is 2.62. The van der Waals surface area contributed by atoms with E-state index in [-0.39, 0.29) is 17.8 Å². The lowest BCUT2D eigenvalue weighted by Crippen LogP contribution is -2.38. The Labute approximate surface area is 148 Å². The molecule has 1 aliphatic rings. The third-order valence-corrected chi connectivity index (χ3v) is 4.75. The van der Waals surface area contributed by atoms with Crippen molar-refractivity contribution in [1.29, 1.82) is 0 Å². The van der Waals surface area contributed by atoms with Crippen molar-refractivity contribution < 1.29 is 13.9 Å². The van der Waals surface area contributed by atoms with Crippen LogP contribution in [0.25, 0.3) is 0 Å². The number of hydrogen-bond acceptors (Lipinski definition) is 2. The van der Waals surface area contributed by atoms with E-state index in [1.807, 2.05) is 19.1 Å². The SMILES string of the molecule is C[C@H](NC(=O)[C@@H](C)Oc1cccc2c1CCCC2)c1ccc(F)cc1. The van der Waals surface area contributed by atoms with Crippen molar-refractivity contribution in [2.24, 2.45) is 0 Å². The fourth-order valence-electron chi connectivity index (χ4n) is 3.27. The molecule has 0 aromatic heterocycles. The summed E-state index contributed by atoms with van der Waals surface area (Å²) in [4.78, 5) is 12.5. The van der Waals surface area contributed by atoms with Crippen LogP contribution in [-0.4, -0.2) is 12.0 Å². The second kappa shape index (κ2) is 7.68. The first-order valence-electron chi connectivity index (χ1n) is 8.88. The Balaban J connectivity index is 1.64. The van der Waals surface area contributed by atoms with Gasteiger partial charge in [-0.15, -0.1) is 0 Å². The predicted molar refractivity (Wildman–Crippen MR) is 96.1 cm³/mol. The van der Waals surface area contributed by atoms with Crippen LogP contribution in [0.4, 0.5) is 4.39 Å². The quantitative estimate of drug-likeness (QED) is 0.878. The van der Waals surface area contributed by atoms with Gasteiger partial charge in [-0.2, -0.15) is 0 Å². The minimum absolute atomic E-state index is 0.176. The first kappa shape index (κ1) is 17.5. The minimum Gasteiger partial charge on any atom is -0.481 e. The zero-order valence-electron chi connectivity index (χ0n) is 14.7. The van der Waals surface area contributed by atoms with Crippen molar-refractivity contribution in [1.82, 2.24) is 5.32 Å². The molecular formula is C21H24FNO2. The van der Waals surface area contributed by atoms with Crippen molar-refractivity contribution in [3.05, 3.63) is 65.0 Å². The number of halogens is 1. The molecule has 0 fully saturated rings. The molecule has 0 heterocycles. The summed E-state index contributed by atoms with van der Waals surface area (Å²) in [6.45, 7) is 3.64. The largest absolute Gasteiger partial charge is 0.481 e. The van der Waals surface area contributed by atoms with Crippen LogP contribution in [0.3, 0.4) is 0 Å². The topological polar surface area (TPSA) is 38.3 Å². The zero-order valence-corrected chi connectivity index (χ0v) is 14.7. The molecule has 0 unspecified atom stereocenters. The van der Waals surface area contributed by atoms with Crippen LogP contribution in [0, 0.1) is 5.82 Å². The molecule has 2 aromatic rings. The summed E-state index contributed by atoms with van der Waals surface area (Å²) in [7, 11) is 0. The number of benzene rings is 2. The summed E-state index contributed by atoms with van der Waals surface area (Å²) in [6, 6.07) is 12.0. The molecule has 2 atom stereocenters. The molecule has 1 aliphatic carbocycles. The minimum atomic E-state index is -0.587. The molecule has 0 saturated heterocycles. The molecule has 0 spiro atoms. The number of aryl methyl sites for hydroxylation is 1. The Hall–Kier alpha value is -2.36. The van der Waals surface area contributed by atoms with Gasteiger partial charge in [-0.3, -0.25) is 4.79 Å². The van der Waals surface area contributed by atoms with E-state index < -0.39 is 6.10 Å². The van der Waals surface area contributed by atoms with Gasteiger partial charge >= 0.3 is 0 Å². The Morgan fingerprint density at radius 1 is 1.08 bits per heavy atom. The molecule has 1 amide bonds. The van der Waals surface area contributed by atoms with Gasteiger partial charge in [-0.25, -0.2) is 4.39 Å². The number of amides is 1. The van der Waals surface area contributed by atoms with Crippen LogP contribution in [0.5, 0.6) is 5.75 Å². The van der Waals surface area contributed by atoms with E-state index in [1.165, 1.54) is 29.7 Å². The van der Waals surface area contributed by atoms with Crippen LogP contribution < -0.4 is 10.1 Å². The smallest absolute Gasteiger partial charge is 0.261 e. The maximum absolute atomic E-state index is 13.0. The van der Waals surface area contributed by atoms with Crippen LogP contribution in [0.15, 0.2) is 42.5 Å². The summed E-state index contributed by atoms with van der Waals surface area (Å²) >= 11 is 0. The number of hydrogen-bond donors (Lipinski definition) is 1. The van der Waals surface area contributed by atoms with Crippen molar-refractivity contribution in [3.63, 3.8) is 0 Å². The first-order valence-corrected chi connectivity index (χ1v) is 8.88. The first-order chi connectivity index (χ1) is 12.0. The van der Waals surface area contributed by atoms with Gasteiger partial charge in [-0.05, 0) is 74.4 Å². The van der Waals surface area contributed by atoms with Crippen molar-refractivity contribution >= 4 is 5.91 Å². The third-order valence-electron chi connectivity index (χ3n) is 4.75. The van der Waals surface area contributed by atoms with E-state index in [9.17, 15) is 9.18 Å². The van der Waals surface area contributed by atoms with Crippen molar-refractivity contribution in [3.8, 4) is 5.75 Å². The van der Waals surface area contributed by atoms with E-state index in [2.05, 4.69) is 11.4 Å². The second-order valence-electron chi connectivity index (χ2n) is 6.64. The highest BCUT2D eigenvalue weighted by molar-refractivity contribution is 5.81. The van der Waals surface area contributed by atoms with Crippen LogP contribution >= 0.6 is 0 Å². The molecule has 25 heavy (non-hydrogen) atoms. The van der Waals surface area contributed by atoms with E-state index in [1.54, 1.807) is 19.1 Å². The van der Waals surface area contributed by atoms with E-state index in [0.717, 1.165) is 30.6 Å². The highest BCUT2D eigenvalue weighted by Crippen LogP contribution is 2.30. The summed E-state index contributed by atoms with van der Waals surface area (Å²) in [5, 5.41) is 2.93. The lowest BCUT2D eigenvalue weighted by atomic mass is 9.91. The van der Waals surface area contributed by atoms with Gasteiger partial charge in [0.2, 0.25) is 0 Å². The van der Waals surface area contributed by atoms with Gasteiger partial charge in [-0.1, -0.05) is 24.3 Å². The number of ether oxygens (including phenoxy) is 1. The average molecular weight is 341 g/mol. The number of fused-ring (bicyclic) bond motifs is 1. The molecule has 0 saturated carbocycles. The van der Waals surface area contributed by atoms with Gasteiger partial charge in [0.25, 0.3) is 5.91 Å². The number of carbonyl (C=O) groups is 1. The lowest BCUT2D eigenvalue weighted by molar-refractivity contribution is -0.127. The Kier molecular flexibility index (Phi) is 5.37. The highest BCUT2D eigenvalue weighted by Gasteiger charge is 2.20. The molecule has 4 heteroatoms. The molecule has 0 aliphatic heterocycles. The summed E-state index contributed by atoms with van der Waals surface area (Å²) < 4.78 is 19.0. The Morgan fingerprint density at radius 3 is 2.56 bits per heavy atom. The second-order valence-corrected chi connectivity index (χ2v) is 6.64. The maximum Gasteiger partial charge on any atom is 0.261 e. The van der Waals surface area contributed by atoms with Crippen LogP contribution in [0.2, 0.25) is 0 Å². The van der Waals surface area contributed by atoms with Crippen molar-refractivity contribution in [2.75, 3.05) is 0 Å². The van der Waals surface area contributed by atoms with E-state index in [0.29, 0.717) is 0 Å². The molecule has 2 aromatic carbocycles. The normalized spacial score (nSPS) is 15.8. The van der Waals surface area contributed by atoms with E-state index >= 15 is 0 Å². The number of carbonyl (C=O) groups excluding carboxylic acids is 1. The molecule has 0 radical (unpaired) electrons. The fraction of sp³-hybridized carbons (Fsp3) is 0.381. The number of nitrogens with one attached hydrogen (secondary N) is 1. The molecular weight excluding hydrogens is 317 g/mol. The van der Waals surface area contributed by atoms with Crippen LogP contribution in [0.1, 0.15) is 49.4 Å². The monoisotopic (exact) mass is 341 g/mol. The maximum atomic E-state index is 13.0. The summed E-state index contributed by atoms with van der Waals surface area (Å²) in [5.41, 5.74) is 3.43. The van der Waals surface area contributed by atoms with Crippen LogP contribution in [-0.2, 0) is 17.6 Å². The van der Waals surface area contributed by atoms with Crippen molar-refractivity contribution in [2.45, 2.75) is 51.7 Å². The van der Waals surface area contributed by atoms with Gasteiger partial charge in [0.05, 0.1) is 6.04 Å². The van der Waals surface area contributed by atoms with Gasteiger partial charge in [0.15, 0.2) is 6.10 Å². The van der Waals surface area contributed by atoms with Gasteiger partial charge in [0, 0.05) is 0 Å². The Bertz CT molecular complexity index is 742. The lowest BCUT2D eigenvalue weighted by Gasteiger charge is -2.23. The Morgan fingerprint density at radius 2 is 1.80 bits per heavy atom. The van der Waals surface area contributed by atoms with Gasteiger partial charge in [0.1, 0.15) is 11.6 Å². The molecule has 3 rings (SSSR count).